The second-order valence-electron chi connectivity index (χ2n) is 9.48. The Bertz CT molecular complexity index is 1050. The van der Waals surface area contributed by atoms with Crippen molar-refractivity contribution in [3.63, 3.8) is 0 Å². The zero-order valence-corrected chi connectivity index (χ0v) is 20.4. The van der Waals surface area contributed by atoms with Gasteiger partial charge >= 0.3 is 0 Å². The molecule has 0 radical (unpaired) electrons. The number of nitrogens with zero attached hydrogens (tertiary/aromatic N) is 3. The molecule has 10 heteroatoms. The van der Waals surface area contributed by atoms with Gasteiger partial charge in [-0.1, -0.05) is 20.8 Å². The van der Waals surface area contributed by atoms with Crippen LogP contribution in [0.3, 0.4) is 0 Å². The second-order valence-corrected chi connectivity index (χ2v) is 10.3. The molecule has 4 atom stereocenters. The van der Waals surface area contributed by atoms with Gasteiger partial charge in [0.2, 0.25) is 5.91 Å². The van der Waals surface area contributed by atoms with E-state index in [9.17, 15) is 9.59 Å². The van der Waals surface area contributed by atoms with Gasteiger partial charge in [0.1, 0.15) is 16.8 Å². The van der Waals surface area contributed by atoms with Crippen LogP contribution < -0.4 is 20.9 Å². The van der Waals surface area contributed by atoms with Gasteiger partial charge in [0.25, 0.3) is 11.4 Å². The number of carbonyl (C=O) groups excluding carboxylic acids is 1. The first kappa shape index (κ1) is 22.8. The van der Waals surface area contributed by atoms with E-state index in [1.165, 1.54) is 13.5 Å². The van der Waals surface area contributed by atoms with E-state index in [2.05, 4.69) is 57.6 Å². The highest BCUT2D eigenvalue weighted by atomic mass is 79.9. The molecule has 0 unspecified atom stereocenters. The van der Waals surface area contributed by atoms with Gasteiger partial charge in [0.05, 0.1) is 19.0 Å². The summed E-state index contributed by atoms with van der Waals surface area (Å²) >= 11 is 3.41. The molecule has 2 aromatic heterocycles. The molecule has 2 aromatic rings. The van der Waals surface area contributed by atoms with Crippen LogP contribution >= 0.6 is 15.9 Å². The van der Waals surface area contributed by atoms with E-state index in [1.807, 2.05) is 0 Å². The topological polar surface area (TPSA) is 111 Å². The summed E-state index contributed by atoms with van der Waals surface area (Å²) in [6.07, 6.45) is 4.49. The SMILES string of the molecule is COc1cc(CCNC(=O)Cn2ncc(N[C@@H]3C[C@@H]4C[C@H]([C@H]3C)C4(C)C)c(Br)c2=O)on1. The lowest BCUT2D eigenvalue weighted by molar-refractivity contribution is -0.121. The number of aromatic nitrogens is 3. The summed E-state index contributed by atoms with van der Waals surface area (Å²) in [6, 6.07) is 1.98. The Morgan fingerprint density at radius 2 is 2.19 bits per heavy atom. The van der Waals surface area contributed by atoms with Crippen molar-refractivity contribution in [1.29, 1.82) is 0 Å². The number of rotatable bonds is 8. The second kappa shape index (κ2) is 8.88. The number of hydrogen-bond acceptors (Lipinski definition) is 7. The summed E-state index contributed by atoms with van der Waals surface area (Å²) in [4.78, 5) is 25.0. The quantitative estimate of drug-likeness (QED) is 0.564. The van der Waals surface area contributed by atoms with Crippen LogP contribution in [-0.4, -0.2) is 40.5 Å². The summed E-state index contributed by atoms with van der Waals surface area (Å²) in [6.45, 7) is 7.22. The standard InChI is InChI=1S/C22H30BrN5O4/c1-12-15-7-13(22(15,2)3)8-16(12)26-17-10-25-28(21(30)20(17)23)11-18(29)24-6-5-14-9-19(31-4)27-32-14/h9-10,12-13,15-16,26H,5-8,11H2,1-4H3,(H,24,29)/t12-,13+,15-,16-/m1/s1. The predicted molar refractivity (Wildman–Crippen MR) is 123 cm³/mol. The first-order chi connectivity index (χ1) is 15.2. The van der Waals surface area contributed by atoms with Crippen molar-refractivity contribution in [3.8, 4) is 5.88 Å². The fourth-order valence-corrected chi connectivity index (χ4v) is 5.67. The molecule has 32 heavy (non-hydrogen) atoms. The third-order valence-corrected chi connectivity index (χ3v) is 8.18. The molecule has 5 rings (SSSR count). The minimum atomic E-state index is -0.334. The molecule has 0 aromatic carbocycles. The monoisotopic (exact) mass is 507 g/mol. The molecule has 3 aliphatic carbocycles. The van der Waals surface area contributed by atoms with Crippen LogP contribution in [0.4, 0.5) is 5.69 Å². The molecule has 0 saturated heterocycles. The van der Waals surface area contributed by atoms with Crippen LogP contribution in [0.2, 0.25) is 0 Å². The lowest BCUT2D eigenvalue weighted by Crippen LogP contribution is -2.58. The molecular weight excluding hydrogens is 478 g/mol. The molecule has 0 spiro atoms. The Kier molecular flexibility index (Phi) is 6.33. The molecule has 0 aliphatic heterocycles. The van der Waals surface area contributed by atoms with Crippen LogP contribution in [0.25, 0.3) is 0 Å². The summed E-state index contributed by atoms with van der Waals surface area (Å²) in [5.74, 6) is 2.64. The Balaban J connectivity index is 1.32. The van der Waals surface area contributed by atoms with Crippen molar-refractivity contribution in [2.75, 3.05) is 19.0 Å². The van der Waals surface area contributed by atoms with Crippen molar-refractivity contribution >= 4 is 27.5 Å². The number of methoxy groups -OCH3 is 1. The maximum absolute atomic E-state index is 12.8. The van der Waals surface area contributed by atoms with E-state index >= 15 is 0 Å². The Morgan fingerprint density at radius 3 is 2.84 bits per heavy atom. The van der Waals surface area contributed by atoms with Crippen LogP contribution in [0, 0.1) is 23.2 Å². The maximum atomic E-state index is 12.8. The minimum Gasteiger partial charge on any atom is -0.479 e. The predicted octanol–water partition coefficient (Wildman–Crippen LogP) is 2.84. The van der Waals surface area contributed by atoms with Crippen LogP contribution in [0.15, 0.2) is 26.1 Å². The van der Waals surface area contributed by atoms with Crippen LogP contribution in [0.1, 0.15) is 39.4 Å². The number of amides is 1. The molecular formula is C22H30BrN5O4. The van der Waals surface area contributed by atoms with E-state index in [4.69, 9.17) is 9.26 Å². The number of hydrogen-bond donors (Lipinski definition) is 2. The highest BCUT2D eigenvalue weighted by molar-refractivity contribution is 9.10. The molecule has 2 heterocycles. The smallest absolute Gasteiger partial charge is 0.283 e. The van der Waals surface area contributed by atoms with E-state index in [1.54, 1.807) is 12.3 Å². The third kappa shape index (κ3) is 4.29. The zero-order chi connectivity index (χ0) is 23.0. The number of ether oxygens (including phenoxy) is 1. The fourth-order valence-electron chi connectivity index (χ4n) is 5.24. The Morgan fingerprint density at radius 1 is 1.41 bits per heavy atom. The minimum absolute atomic E-state index is 0.157. The summed E-state index contributed by atoms with van der Waals surface area (Å²) in [5.41, 5.74) is 0.754. The van der Waals surface area contributed by atoms with Crippen molar-refractivity contribution in [2.24, 2.45) is 23.2 Å². The van der Waals surface area contributed by atoms with Crippen molar-refractivity contribution in [3.05, 3.63) is 32.8 Å². The summed E-state index contributed by atoms with van der Waals surface area (Å²) in [5, 5.41) is 14.2. The van der Waals surface area contributed by atoms with Gasteiger partial charge in [-0.05, 0) is 57.1 Å². The molecule has 174 valence electrons. The van der Waals surface area contributed by atoms with E-state index < -0.39 is 0 Å². The van der Waals surface area contributed by atoms with Gasteiger partial charge in [-0.15, -0.1) is 0 Å². The first-order valence-corrected chi connectivity index (χ1v) is 11.8. The zero-order valence-electron chi connectivity index (χ0n) is 18.9. The first-order valence-electron chi connectivity index (χ1n) is 11.0. The highest BCUT2D eigenvalue weighted by Crippen LogP contribution is 2.61. The van der Waals surface area contributed by atoms with E-state index in [0.717, 1.165) is 17.0 Å². The third-order valence-electron chi connectivity index (χ3n) is 7.41. The Hall–Kier alpha value is -2.36. The Labute approximate surface area is 195 Å². The highest BCUT2D eigenvalue weighted by Gasteiger charge is 2.56. The van der Waals surface area contributed by atoms with Gasteiger partial charge in [0.15, 0.2) is 0 Å². The lowest BCUT2D eigenvalue weighted by atomic mass is 9.45. The molecule has 3 aliphatic rings. The molecule has 3 fully saturated rings. The van der Waals surface area contributed by atoms with Gasteiger partial charge in [-0.2, -0.15) is 5.10 Å². The molecule has 2 N–H and O–H groups in total. The van der Waals surface area contributed by atoms with E-state index in [0.29, 0.717) is 58.1 Å². The van der Waals surface area contributed by atoms with Crippen LogP contribution in [-0.2, 0) is 17.8 Å². The van der Waals surface area contributed by atoms with Gasteiger partial charge in [0, 0.05) is 25.1 Å². The number of halogens is 1. The number of anilines is 1. The number of carbonyl (C=O) groups is 1. The normalized spacial score (nSPS) is 25.7. The summed E-state index contributed by atoms with van der Waals surface area (Å²) < 4.78 is 11.6. The van der Waals surface area contributed by atoms with Gasteiger partial charge in [-0.3, -0.25) is 9.59 Å². The average molecular weight is 508 g/mol. The fraction of sp³-hybridized carbons (Fsp3) is 0.636. The molecule has 9 nitrogen and oxygen atoms in total. The van der Waals surface area contributed by atoms with Gasteiger partial charge in [-0.25, -0.2) is 4.68 Å². The molecule has 2 bridgehead atoms. The number of fused-ring (bicyclic) bond motifs is 2. The van der Waals surface area contributed by atoms with Gasteiger partial charge < -0.3 is 19.9 Å². The molecule has 3 saturated carbocycles. The summed E-state index contributed by atoms with van der Waals surface area (Å²) in [7, 11) is 1.51. The van der Waals surface area contributed by atoms with Crippen molar-refractivity contribution in [2.45, 2.75) is 52.6 Å². The molecule has 1 amide bonds. The van der Waals surface area contributed by atoms with Crippen molar-refractivity contribution in [1.82, 2.24) is 20.3 Å². The maximum Gasteiger partial charge on any atom is 0.283 e. The van der Waals surface area contributed by atoms with Crippen LogP contribution in [0.5, 0.6) is 5.88 Å². The number of nitrogens with one attached hydrogen (secondary N) is 2. The van der Waals surface area contributed by atoms with Crippen molar-refractivity contribution < 1.29 is 14.1 Å². The van der Waals surface area contributed by atoms with E-state index in [-0.39, 0.29) is 18.0 Å². The lowest BCUT2D eigenvalue weighted by Gasteiger charge is -2.62. The largest absolute Gasteiger partial charge is 0.479 e. The average Bonchev–Trinajstić information content (AvgIpc) is 3.22.